The molecule has 2 aromatic rings. The number of nitrogens with zero attached hydrogens (tertiary/aromatic N) is 3. The second kappa shape index (κ2) is 5.80. The summed E-state index contributed by atoms with van der Waals surface area (Å²) < 4.78 is 0. The number of hydrogen-bond donors (Lipinski definition) is 2. The molecule has 0 unspecified atom stereocenters. The lowest BCUT2D eigenvalue weighted by molar-refractivity contribution is 0.102. The number of carbonyl (C=O) groups excluding carboxylic acids is 1. The first-order valence-corrected chi connectivity index (χ1v) is 5.96. The molecule has 1 amide bonds. The molecule has 0 saturated heterocycles. The third kappa shape index (κ3) is 2.90. The van der Waals surface area contributed by atoms with Crippen LogP contribution < -0.4 is 10.6 Å². The van der Waals surface area contributed by atoms with Crippen molar-refractivity contribution in [1.29, 1.82) is 5.26 Å². The maximum absolute atomic E-state index is 12.0. The highest BCUT2D eigenvalue weighted by atomic mass is 16.1. The molecule has 0 spiro atoms. The van der Waals surface area contributed by atoms with Gasteiger partial charge in [-0.1, -0.05) is 6.07 Å². The molecule has 20 heavy (non-hydrogen) atoms. The molecule has 1 aromatic heterocycles. The van der Waals surface area contributed by atoms with E-state index in [1.807, 2.05) is 13.0 Å². The van der Waals surface area contributed by atoms with Crippen molar-refractivity contribution in [3.63, 3.8) is 0 Å². The van der Waals surface area contributed by atoms with Crippen LogP contribution in [-0.2, 0) is 0 Å². The molecule has 0 bridgehead atoms. The van der Waals surface area contributed by atoms with Gasteiger partial charge in [0.1, 0.15) is 11.5 Å². The molecule has 100 valence electrons. The van der Waals surface area contributed by atoms with E-state index in [1.54, 1.807) is 25.2 Å². The van der Waals surface area contributed by atoms with Crippen LogP contribution in [0.4, 0.5) is 11.5 Å². The Kier molecular flexibility index (Phi) is 3.91. The topological polar surface area (TPSA) is 90.7 Å². The van der Waals surface area contributed by atoms with E-state index < -0.39 is 0 Å². The van der Waals surface area contributed by atoms with E-state index in [1.165, 1.54) is 12.4 Å². The van der Waals surface area contributed by atoms with Crippen molar-refractivity contribution in [3.05, 3.63) is 47.4 Å². The van der Waals surface area contributed by atoms with Crippen LogP contribution in [0.25, 0.3) is 0 Å². The zero-order valence-corrected chi connectivity index (χ0v) is 11.1. The van der Waals surface area contributed by atoms with Gasteiger partial charge in [0.25, 0.3) is 5.91 Å². The maximum Gasteiger partial charge on any atom is 0.275 e. The van der Waals surface area contributed by atoms with E-state index in [4.69, 9.17) is 5.26 Å². The van der Waals surface area contributed by atoms with Crippen molar-refractivity contribution in [1.82, 2.24) is 9.97 Å². The van der Waals surface area contributed by atoms with E-state index in [9.17, 15) is 4.79 Å². The van der Waals surface area contributed by atoms with Gasteiger partial charge in [-0.3, -0.25) is 4.79 Å². The Morgan fingerprint density at radius 2 is 2.10 bits per heavy atom. The average Bonchev–Trinajstić information content (AvgIpc) is 2.49. The predicted octanol–water partition coefficient (Wildman–Crippen LogP) is 1.95. The van der Waals surface area contributed by atoms with Gasteiger partial charge in [0.15, 0.2) is 0 Å². The fourth-order valence-electron chi connectivity index (χ4n) is 1.59. The Bertz CT molecular complexity index is 673. The molecular formula is C14H13N5O. The van der Waals surface area contributed by atoms with Gasteiger partial charge in [-0.2, -0.15) is 5.26 Å². The SMILES string of the molecule is CNc1cnc(C(=O)Nc2cc(C#N)ccc2C)cn1. The lowest BCUT2D eigenvalue weighted by Gasteiger charge is -2.08. The zero-order chi connectivity index (χ0) is 14.5. The number of aryl methyl sites for hydroxylation is 1. The largest absolute Gasteiger partial charge is 0.372 e. The number of rotatable bonds is 3. The number of carbonyl (C=O) groups is 1. The summed E-state index contributed by atoms with van der Waals surface area (Å²) in [6.45, 7) is 1.85. The number of amides is 1. The molecule has 1 heterocycles. The second-order valence-corrected chi connectivity index (χ2v) is 4.13. The van der Waals surface area contributed by atoms with Crippen molar-refractivity contribution in [3.8, 4) is 6.07 Å². The molecule has 0 aliphatic heterocycles. The lowest BCUT2D eigenvalue weighted by Crippen LogP contribution is -2.15. The third-order valence-electron chi connectivity index (χ3n) is 2.76. The van der Waals surface area contributed by atoms with E-state index >= 15 is 0 Å². The van der Waals surface area contributed by atoms with Gasteiger partial charge < -0.3 is 10.6 Å². The Hall–Kier alpha value is -2.94. The standard InChI is InChI=1S/C14H13N5O/c1-9-3-4-10(6-15)5-11(9)19-14(20)12-7-18-13(16-2)8-17-12/h3-5,7-8H,1-2H3,(H,16,18)(H,19,20). The highest BCUT2D eigenvalue weighted by Gasteiger charge is 2.10. The van der Waals surface area contributed by atoms with Gasteiger partial charge in [0, 0.05) is 12.7 Å². The smallest absolute Gasteiger partial charge is 0.275 e. The minimum Gasteiger partial charge on any atom is -0.372 e. The molecule has 2 N–H and O–H groups in total. The molecular weight excluding hydrogens is 254 g/mol. The van der Waals surface area contributed by atoms with Crippen LogP contribution in [0.1, 0.15) is 21.6 Å². The second-order valence-electron chi connectivity index (χ2n) is 4.13. The van der Waals surface area contributed by atoms with Crippen LogP contribution in [0.15, 0.2) is 30.6 Å². The van der Waals surface area contributed by atoms with Crippen LogP contribution >= 0.6 is 0 Å². The van der Waals surface area contributed by atoms with Crippen molar-refractivity contribution in [2.45, 2.75) is 6.92 Å². The van der Waals surface area contributed by atoms with E-state index in [0.29, 0.717) is 17.1 Å². The minimum atomic E-state index is -0.363. The summed E-state index contributed by atoms with van der Waals surface area (Å²) in [6, 6.07) is 7.15. The zero-order valence-electron chi connectivity index (χ0n) is 11.1. The number of aromatic nitrogens is 2. The normalized spacial score (nSPS) is 9.65. The summed E-state index contributed by atoms with van der Waals surface area (Å²) in [5.74, 6) is 0.225. The summed E-state index contributed by atoms with van der Waals surface area (Å²) in [5, 5.41) is 14.4. The first kappa shape index (κ1) is 13.5. The number of nitriles is 1. The summed E-state index contributed by atoms with van der Waals surface area (Å²) in [6.07, 6.45) is 2.87. The van der Waals surface area contributed by atoms with Gasteiger partial charge in [0.2, 0.25) is 0 Å². The highest BCUT2D eigenvalue weighted by molar-refractivity contribution is 6.03. The highest BCUT2D eigenvalue weighted by Crippen LogP contribution is 2.17. The quantitative estimate of drug-likeness (QED) is 0.887. The van der Waals surface area contributed by atoms with E-state index in [-0.39, 0.29) is 11.6 Å². The van der Waals surface area contributed by atoms with Crippen molar-refractivity contribution >= 4 is 17.4 Å². The number of anilines is 2. The lowest BCUT2D eigenvalue weighted by atomic mass is 10.1. The third-order valence-corrected chi connectivity index (χ3v) is 2.76. The van der Waals surface area contributed by atoms with Crippen LogP contribution in [-0.4, -0.2) is 22.9 Å². The van der Waals surface area contributed by atoms with Crippen molar-refractivity contribution in [2.75, 3.05) is 17.7 Å². The number of nitrogens with one attached hydrogen (secondary N) is 2. The summed E-state index contributed by atoms with van der Waals surface area (Å²) in [4.78, 5) is 20.1. The fourth-order valence-corrected chi connectivity index (χ4v) is 1.59. The maximum atomic E-state index is 12.0. The van der Waals surface area contributed by atoms with Gasteiger partial charge >= 0.3 is 0 Å². The van der Waals surface area contributed by atoms with Crippen LogP contribution in [0.2, 0.25) is 0 Å². The summed E-state index contributed by atoms with van der Waals surface area (Å²) in [5.41, 5.74) is 2.17. The van der Waals surface area contributed by atoms with Crippen molar-refractivity contribution < 1.29 is 4.79 Å². The summed E-state index contributed by atoms with van der Waals surface area (Å²) in [7, 11) is 1.72. The van der Waals surface area contributed by atoms with E-state index in [0.717, 1.165) is 5.56 Å². The molecule has 0 fully saturated rings. The van der Waals surface area contributed by atoms with Crippen LogP contribution in [0.3, 0.4) is 0 Å². The Morgan fingerprint density at radius 1 is 1.30 bits per heavy atom. The van der Waals surface area contributed by atoms with Gasteiger partial charge in [-0.05, 0) is 24.6 Å². The predicted molar refractivity (Wildman–Crippen MR) is 75.4 cm³/mol. The molecule has 6 nitrogen and oxygen atoms in total. The first-order valence-electron chi connectivity index (χ1n) is 5.96. The Morgan fingerprint density at radius 3 is 2.70 bits per heavy atom. The van der Waals surface area contributed by atoms with Crippen LogP contribution in [0.5, 0.6) is 0 Å². The molecule has 1 aromatic carbocycles. The Labute approximate surface area is 116 Å². The molecule has 6 heteroatoms. The molecule has 0 saturated carbocycles. The van der Waals surface area contributed by atoms with Gasteiger partial charge in [-0.25, -0.2) is 9.97 Å². The van der Waals surface area contributed by atoms with E-state index in [2.05, 4.69) is 20.6 Å². The fraction of sp³-hybridized carbons (Fsp3) is 0.143. The molecule has 0 aliphatic rings. The first-order chi connectivity index (χ1) is 9.63. The number of hydrogen-bond acceptors (Lipinski definition) is 5. The van der Waals surface area contributed by atoms with Gasteiger partial charge in [-0.15, -0.1) is 0 Å². The molecule has 0 radical (unpaired) electrons. The van der Waals surface area contributed by atoms with Gasteiger partial charge in [0.05, 0.1) is 24.0 Å². The Balaban J connectivity index is 2.20. The molecule has 0 aliphatic carbocycles. The average molecular weight is 267 g/mol. The summed E-state index contributed by atoms with van der Waals surface area (Å²) >= 11 is 0. The number of benzene rings is 1. The molecule has 2 rings (SSSR count). The van der Waals surface area contributed by atoms with Crippen molar-refractivity contribution in [2.24, 2.45) is 0 Å². The minimum absolute atomic E-state index is 0.214. The molecule has 0 atom stereocenters. The monoisotopic (exact) mass is 267 g/mol. The van der Waals surface area contributed by atoms with Crippen LogP contribution in [0, 0.1) is 18.3 Å².